The highest BCUT2D eigenvalue weighted by molar-refractivity contribution is 9.10. The Morgan fingerprint density at radius 3 is 2.91 bits per heavy atom. The Kier molecular flexibility index (Phi) is 8.22. The number of halogens is 2. The number of hydrogen-bond donors (Lipinski definition) is 2. The van der Waals surface area contributed by atoms with E-state index in [9.17, 15) is 23.6 Å². The number of aliphatic carboxylic acids is 1. The fourth-order valence-electron chi connectivity index (χ4n) is 3.93. The van der Waals surface area contributed by atoms with Crippen molar-refractivity contribution >= 4 is 56.2 Å². The summed E-state index contributed by atoms with van der Waals surface area (Å²) in [5.41, 5.74) is 1.14. The smallest absolute Gasteiger partial charge is 0.338 e. The molecule has 0 aliphatic carbocycles. The lowest BCUT2D eigenvalue weighted by Gasteiger charge is -2.36. The summed E-state index contributed by atoms with van der Waals surface area (Å²) in [6, 6.07) is 2.28. The maximum atomic E-state index is 13.8. The summed E-state index contributed by atoms with van der Waals surface area (Å²) in [5, 5.41) is 15.3. The minimum absolute atomic E-state index is 0.00226. The van der Waals surface area contributed by atoms with E-state index in [0.717, 1.165) is 0 Å². The molecule has 0 spiro atoms. The molecule has 1 fully saturated rings. The van der Waals surface area contributed by atoms with Crippen molar-refractivity contribution in [3.63, 3.8) is 0 Å². The molecule has 13 heteroatoms. The zero-order valence-corrected chi connectivity index (χ0v) is 21.8. The lowest BCUT2D eigenvalue weighted by atomic mass is 9.95. The Hall–Kier alpha value is -2.32. The Labute approximate surface area is 216 Å². The summed E-state index contributed by atoms with van der Waals surface area (Å²) in [4.78, 5) is 35.8. The number of benzene rings is 1. The second-order valence-electron chi connectivity index (χ2n) is 7.76. The number of carboxylic acids is 1. The number of hydrogen-bond acceptors (Lipinski definition) is 9. The SMILES string of the molecule is CCOC(=O)C1=C(CN2CC[S+]([O-])CC2C(=O)O)NC(c2nccs2)=NC1c1ccc(F)cc1Br. The largest absolute Gasteiger partial charge is 0.616 e. The van der Waals surface area contributed by atoms with Gasteiger partial charge in [0.25, 0.3) is 0 Å². The topological polar surface area (TPSA) is 127 Å². The molecule has 9 nitrogen and oxygen atoms in total. The summed E-state index contributed by atoms with van der Waals surface area (Å²) >= 11 is 3.49. The summed E-state index contributed by atoms with van der Waals surface area (Å²) in [6.45, 7) is 2.14. The number of carbonyl (C=O) groups is 2. The third-order valence-electron chi connectivity index (χ3n) is 5.55. The summed E-state index contributed by atoms with van der Waals surface area (Å²) < 4.78 is 31.7. The number of amidine groups is 1. The average molecular weight is 585 g/mol. The number of nitrogens with zero attached hydrogens (tertiary/aromatic N) is 3. The number of ether oxygens (including phenoxy) is 1. The molecule has 0 radical (unpaired) electrons. The maximum absolute atomic E-state index is 13.8. The fraction of sp³-hybridized carbons (Fsp3) is 0.364. The van der Waals surface area contributed by atoms with Gasteiger partial charge in [0, 0.05) is 34.8 Å². The van der Waals surface area contributed by atoms with Crippen LogP contribution in [0.3, 0.4) is 0 Å². The normalized spacial score (nSPS) is 23.0. The molecular formula is C22H22BrFN4O5S2. The van der Waals surface area contributed by atoms with E-state index in [0.29, 0.717) is 32.3 Å². The van der Waals surface area contributed by atoms with Crippen LogP contribution in [0.2, 0.25) is 0 Å². The van der Waals surface area contributed by atoms with Crippen LogP contribution in [0.15, 0.2) is 50.5 Å². The molecule has 2 N–H and O–H groups in total. The highest BCUT2D eigenvalue weighted by Crippen LogP contribution is 2.37. The third-order valence-corrected chi connectivity index (χ3v) is 8.34. The summed E-state index contributed by atoms with van der Waals surface area (Å²) in [7, 11) is 0. The van der Waals surface area contributed by atoms with Crippen LogP contribution in [0.5, 0.6) is 0 Å². The van der Waals surface area contributed by atoms with Crippen molar-refractivity contribution < 1.29 is 28.4 Å². The molecule has 0 bridgehead atoms. The van der Waals surface area contributed by atoms with Crippen LogP contribution < -0.4 is 5.32 Å². The van der Waals surface area contributed by atoms with Crippen molar-refractivity contribution in [3.05, 3.63) is 61.9 Å². The Bertz CT molecular complexity index is 1180. The lowest BCUT2D eigenvalue weighted by molar-refractivity contribution is -0.142. The van der Waals surface area contributed by atoms with Gasteiger partial charge in [-0.25, -0.2) is 14.2 Å². The molecule has 2 aromatic rings. The first-order valence-corrected chi connectivity index (χ1v) is 13.9. The van der Waals surface area contributed by atoms with Crippen LogP contribution in [-0.2, 0) is 25.5 Å². The molecule has 35 heavy (non-hydrogen) atoms. The zero-order chi connectivity index (χ0) is 25.1. The number of carboxylic acid groups (broad SMARTS) is 1. The van der Waals surface area contributed by atoms with Crippen molar-refractivity contribution in [2.45, 2.75) is 19.0 Å². The van der Waals surface area contributed by atoms with Crippen LogP contribution in [0.25, 0.3) is 0 Å². The first-order chi connectivity index (χ1) is 16.8. The highest BCUT2D eigenvalue weighted by Gasteiger charge is 2.39. The molecule has 3 heterocycles. The number of thiazole rings is 1. The van der Waals surface area contributed by atoms with Crippen LogP contribution in [0.1, 0.15) is 23.5 Å². The van der Waals surface area contributed by atoms with Gasteiger partial charge in [-0.15, -0.1) is 11.3 Å². The maximum Gasteiger partial charge on any atom is 0.338 e. The average Bonchev–Trinajstić information content (AvgIpc) is 3.35. The van der Waals surface area contributed by atoms with Crippen molar-refractivity contribution in [2.24, 2.45) is 4.99 Å². The Morgan fingerprint density at radius 1 is 1.46 bits per heavy atom. The molecule has 3 atom stereocenters. The number of aliphatic imine (C=N–C) groups is 1. The molecule has 0 amide bonds. The van der Waals surface area contributed by atoms with E-state index in [4.69, 9.17) is 9.73 Å². The summed E-state index contributed by atoms with van der Waals surface area (Å²) in [6.07, 6.45) is 1.62. The molecule has 186 valence electrons. The van der Waals surface area contributed by atoms with Crippen LogP contribution >= 0.6 is 27.3 Å². The van der Waals surface area contributed by atoms with Gasteiger partial charge in [-0.1, -0.05) is 33.2 Å². The van der Waals surface area contributed by atoms with Crippen molar-refractivity contribution in [2.75, 3.05) is 31.2 Å². The van der Waals surface area contributed by atoms with Crippen molar-refractivity contribution in [3.8, 4) is 0 Å². The van der Waals surface area contributed by atoms with Crippen molar-refractivity contribution in [1.29, 1.82) is 0 Å². The van der Waals surface area contributed by atoms with E-state index in [-0.39, 0.29) is 31.0 Å². The molecule has 2 aliphatic heterocycles. The molecule has 3 unspecified atom stereocenters. The third kappa shape index (κ3) is 5.75. The lowest BCUT2D eigenvalue weighted by Crippen LogP contribution is -2.54. The minimum atomic E-state index is -1.24. The number of carbonyl (C=O) groups excluding carboxylic acids is 1. The van der Waals surface area contributed by atoms with Gasteiger partial charge in [0.2, 0.25) is 0 Å². The van der Waals surface area contributed by atoms with E-state index in [1.54, 1.807) is 29.5 Å². The number of rotatable bonds is 7. The van der Waals surface area contributed by atoms with Gasteiger partial charge in [0.15, 0.2) is 16.9 Å². The van der Waals surface area contributed by atoms with E-state index < -0.39 is 41.0 Å². The van der Waals surface area contributed by atoms with Gasteiger partial charge in [0.05, 0.1) is 12.2 Å². The Morgan fingerprint density at radius 2 is 2.26 bits per heavy atom. The second-order valence-corrected chi connectivity index (χ2v) is 11.1. The fourth-order valence-corrected chi connectivity index (χ4v) is 6.39. The van der Waals surface area contributed by atoms with Gasteiger partial charge in [-0.2, -0.15) is 0 Å². The Balaban J connectivity index is 1.82. The predicted molar refractivity (Wildman–Crippen MR) is 133 cm³/mol. The van der Waals surface area contributed by atoms with Gasteiger partial charge in [0.1, 0.15) is 23.4 Å². The highest BCUT2D eigenvalue weighted by atomic mass is 79.9. The molecular weight excluding hydrogens is 563 g/mol. The second kappa shape index (κ2) is 11.2. The van der Waals surface area contributed by atoms with E-state index in [1.807, 2.05) is 0 Å². The van der Waals surface area contributed by atoms with E-state index >= 15 is 0 Å². The molecule has 1 saturated heterocycles. The van der Waals surface area contributed by atoms with Crippen LogP contribution in [-0.4, -0.2) is 74.6 Å². The van der Waals surface area contributed by atoms with E-state index in [2.05, 4.69) is 26.2 Å². The van der Waals surface area contributed by atoms with Crippen LogP contribution in [0.4, 0.5) is 4.39 Å². The molecule has 4 rings (SSSR count). The predicted octanol–water partition coefficient (Wildman–Crippen LogP) is 2.47. The molecule has 0 saturated carbocycles. The van der Waals surface area contributed by atoms with Gasteiger partial charge < -0.3 is 19.7 Å². The number of nitrogens with one attached hydrogen (secondary N) is 1. The van der Waals surface area contributed by atoms with Gasteiger partial charge in [-0.05, 0) is 24.6 Å². The monoisotopic (exact) mass is 584 g/mol. The van der Waals surface area contributed by atoms with Gasteiger partial charge in [-0.3, -0.25) is 14.7 Å². The zero-order valence-electron chi connectivity index (χ0n) is 18.6. The molecule has 2 aliphatic rings. The van der Waals surface area contributed by atoms with Crippen molar-refractivity contribution in [1.82, 2.24) is 15.2 Å². The van der Waals surface area contributed by atoms with Crippen LogP contribution in [0, 0.1) is 5.82 Å². The first-order valence-electron chi connectivity index (χ1n) is 10.7. The van der Waals surface area contributed by atoms with E-state index in [1.165, 1.54) is 23.5 Å². The minimum Gasteiger partial charge on any atom is -0.616 e. The molecule has 1 aromatic carbocycles. The first kappa shape index (κ1) is 25.8. The standard InChI is InChI=1S/C22H22BrFN4O5S2/c1-2-33-22(31)17-15(10-28-6-8-35(32)11-16(28)21(29)30)26-19(20-25-5-7-34-20)27-18(17)13-4-3-12(24)9-14(13)23/h3-5,7,9,16,18H,2,6,8,10-11H2,1H3,(H,26,27)(H,29,30). The quantitative estimate of drug-likeness (QED) is 0.375. The number of esters is 1. The molecule has 1 aromatic heterocycles. The number of aromatic nitrogens is 1. The van der Waals surface area contributed by atoms with Gasteiger partial charge >= 0.3 is 11.9 Å². The summed E-state index contributed by atoms with van der Waals surface area (Å²) in [5.74, 6) is -1.43.